The standard InChI is InChI=1S/C18H24N4O2/c1-12-19-14-5-4-13(8-15(14)20-12)9-18(23)21-16-10-24-11-17(16)22-6-2-3-7-22/h4-5,8,16-17H,2-3,6-7,9-11H2,1H3,(H,19,20)(H,21,23)/t16-,17-/m0/s1. The Morgan fingerprint density at radius 2 is 2.21 bits per heavy atom. The third-order valence-electron chi connectivity index (χ3n) is 5.04. The molecule has 0 spiro atoms. The van der Waals surface area contributed by atoms with E-state index in [0.717, 1.165) is 42.1 Å². The number of aromatic amines is 1. The number of aromatic nitrogens is 2. The number of likely N-dealkylation sites (tertiary alicyclic amines) is 1. The Bertz CT molecular complexity index is 736. The minimum atomic E-state index is 0.0604. The van der Waals surface area contributed by atoms with E-state index in [4.69, 9.17) is 4.74 Å². The zero-order chi connectivity index (χ0) is 16.5. The number of benzene rings is 1. The maximum absolute atomic E-state index is 12.5. The van der Waals surface area contributed by atoms with Gasteiger partial charge in [-0.05, 0) is 50.6 Å². The highest BCUT2D eigenvalue weighted by molar-refractivity contribution is 5.82. The van der Waals surface area contributed by atoms with E-state index >= 15 is 0 Å². The molecule has 3 heterocycles. The maximum atomic E-state index is 12.5. The molecule has 1 aromatic heterocycles. The van der Waals surface area contributed by atoms with Crippen molar-refractivity contribution in [2.75, 3.05) is 26.3 Å². The first kappa shape index (κ1) is 15.6. The number of amides is 1. The molecule has 6 heteroatoms. The number of carbonyl (C=O) groups excluding carboxylic acids is 1. The Hall–Kier alpha value is -1.92. The summed E-state index contributed by atoms with van der Waals surface area (Å²) in [6, 6.07) is 6.39. The normalized spacial score (nSPS) is 24.7. The molecule has 2 aliphatic heterocycles. The number of hydrogen-bond donors (Lipinski definition) is 2. The lowest BCUT2D eigenvalue weighted by atomic mass is 10.1. The summed E-state index contributed by atoms with van der Waals surface area (Å²) in [5, 5.41) is 3.18. The van der Waals surface area contributed by atoms with Gasteiger partial charge in [-0.2, -0.15) is 0 Å². The molecule has 0 aliphatic carbocycles. The van der Waals surface area contributed by atoms with Gasteiger partial charge in [0.2, 0.25) is 5.91 Å². The lowest BCUT2D eigenvalue weighted by Gasteiger charge is -2.27. The zero-order valence-corrected chi connectivity index (χ0v) is 14.0. The van der Waals surface area contributed by atoms with Crippen molar-refractivity contribution in [1.29, 1.82) is 0 Å². The Balaban J connectivity index is 1.39. The molecule has 24 heavy (non-hydrogen) atoms. The van der Waals surface area contributed by atoms with Gasteiger partial charge in [0.05, 0.1) is 42.8 Å². The first-order valence-electron chi connectivity index (χ1n) is 8.75. The third-order valence-corrected chi connectivity index (χ3v) is 5.04. The van der Waals surface area contributed by atoms with Gasteiger partial charge in [0.15, 0.2) is 0 Å². The number of hydrogen-bond acceptors (Lipinski definition) is 4. The van der Waals surface area contributed by atoms with Crippen molar-refractivity contribution in [3.05, 3.63) is 29.6 Å². The molecule has 1 amide bonds. The van der Waals surface area contributed by atoms with E-state index in [9.17, 15) is 4.79 Å². The average molecular weight is 328 g/mol. The highest BCUT2D eigenvalue weighted by atomic mass is 16.5. The molecule has 128 valence electrons. The second-order valence-electron chi connectivity index (χ2n) is 6.87. The van der Waals surface area contributed by atoms with Crippen molar-refractivity contribution in [2.45, 2.75) is 38.3 Å². The lowest BCUT2D eigenvalue weighted by molar-refractivity contribution is -0.121. The van der Waals surface area contributed by atoms with E-state index in [0.29, 0.717) is 19.1 Å². The van der Waals surface area contributed by atoms with E-state index in [2.05, 4.69) is 20.2 Å². The van der Waals surface area contributed by atoms with Crippen molar-refractivity contribution in [2.24, 2.45) is 0 Å². The topological polar surface area (TPSA) is 70.2 Å². The van der Waals surface area contributed by atoms with Crippen molar-refractivity contribution < 1.29 is 9.53 Å². The summed E-state index contributed by atoms with van der Waals surface area (Å²) >= 11 is 0. The van der Waals surface area contributed by atoms with Crippen LogP contribution in [0.5, 0.6) is 0 Å². The molecule has 0 radical (unpaired) electrons. The molecule has 2 N–H and O–H groups in total. The first-order chi connectivity index (χ1) is 11.7. The second kappa shape index (κ2) is 6.53. The fraction of sp³-hybridized carbons (Fsp3) is 0.556. The number of fused-ring (bicyclic) bond motifs is 1. The highest BCUT2D eigenvalue weighted by Gasteiger charge is 2.35. The predicted molar refractivity (Wildman–Crippen MR) is 91.9 cm³/mol. The number of H-pyrrole nitrogens is 1. The van der Waals surface area contributed by atoms with Crippen molar-refractivity contribution >= 4 is 16.9 Å². The number of imidazole rings is 1. The molecular formula is C18H24N4O2. The van der Waals surface area contributed by atoms with Crippen LogP contribution >= 0.6 is 0 Å². The molecule has 2 aromatic rings. The van der Waals surface area contributed by atoms with Crippen LogP contribution < -0.4 is 5.32 Å². The molecule has 1 aromatic carbocycles. The molecule has 2 saturated heterocycles. The average Bonchev–Trinajstić information content (AvgIpc) is 3.25. The van der Waals surface area contributed by atoms with Crippen LogP contribution in [0.25, 0.3) is 11.0 Å². The van der Waals surface area contributed by atoms with Crippen molar-refractivity contribution in [1.82, 2.24) is 20.2 Å². The summed E-state index contributed by atoms with van der Waals surface area (Å²) in [6.07, 6.45) is 2.89. The summed E-state index contributed by atoms with van der Waals surface area (Å²) in [7, 11) is 0. The van der Waals surface area contributed by atoms with E-state index in [1.807, 2.05) is 25.1 Å². The number of aryl methyl sites for hydroxylation is 1. The van der Waals surface area contributed by atoms with E-state index < -0.39 is 0 Å². The molecule has 2 atom stereocenters. The van der Waals surface area contributed by atoms with Crippen LogP contribution in [0.2, 0.25) is 0 Å². The number of rotatable bonds is 4. The van der Waals surface area contributed by atoms with Crippen LogP contribution in [0.1, 0.15) is 24.2 Å². The van der Waals surface area contributed by atoms with Crippen LogP contribution in [-0.2, 0) is 16.0 Å². The predicted octanol–water partition coefficient (Wildman–Crippen LogP) is 1.39. The lowest BCUT2D eigenvalue weighted by Crippen LogP contribution is -2.50. The van der Waals surface area contributed by atoms with Gasteiger partial charge in [0.25, 0.3) is 0 Å². The van der Waals surface area contributed by atoms with Crippen molar-refractivity contribution in [3.63, 3.8) is 0 Å². The minimum Gasteiger partial charge on any atom is -0.378 e. The number of ether oxygens (including phenoxy) is 1. The van der Waals surface area contributed by atoms with Gasteiger partial charge >= 0.3 is 0 Å². The number of nitrogens with one attached hydrogen (secondary N) is 2. The SMILES string of the molecule is Cc1nc2ccc(CC(=O)N[C@H]3COC[C@@H]3N3CCCC3)cc2[nH]1. The van der Waals surface area contributed by atoms with Gasteiger partial charge in [0.1, 0.15) is 5.82 Å². The zero-order valence-electron chi connectivity index (χ0n) is 14.0. The quantitative estimate of drug-likeness (QED) is 0.890. The molecule has 6 nitrogen and oxygen atoms in total. The summed E-state index contributed by atoms with van der Waals surface area (Å²) in [5.74, 6) is 0.952. The van der Waals surface area contributed by atoms with Crippen LogP contribution in [-0.4, -0.2) is 59.2 Å². The molecule has 0 unspecified atom stereocenters. The summed E-state index contributed by atoms with van der Waals surface area (Å²) in [6.45, 7) is 5.52. The highest BCUT2D eigenvalue weighted by Crippen LogP contribution is 2.19. The summed E-state index contributed by atoms with van der Waals surface area (Å²) in [4.78, 5) is 22.5. The van der Waals surface area contributed by atoms with Gasteiger partial charge in [-0.25, -0.2) is 4.98 Å². The van der Waals surface area contributed by atoms with E-state index in [-0.39, 0.29) is 11.9 Å². The molecule has 2 aliphatic rings. The summed E-state index contributed by atoms with van der Waals surface area (Å²) < 4.78 is 5.62. The van der Waals surface area contributed by atoms with E-state index in [1.54, 1.807) is 0 Å². The molecular weight excluding hydrogens is 304 g/mol. The fourth-order valence-electron chi connectivity index (χ4n) is 3.85. The van der Waals surface area contributed by atoms with Gasteiger partial charge < -0.3 is 15.0 Å². The van der Waals surface area contributed by atoms with E-state index in [1.165, 1.54) is 12.8 Å². The fourth-order valence-corrected chi connectivity index (χ4v) is 3.85. The second-order valence-corrected chi connectivity index (χ2v) is 6.87. The molecule has 4 rings (SSSR count). The number of nitrogens with zero attached hydrogens (tertiary/aromatic N) is 2. The third kappa shape index (κ3) is 3.16. The van der Waals surface area contributed by atoms with Crippen LogP contribution in [0, 0.1) is 6.92 Å². The Morgan fingerprint density at radius 3 is 3.04 bits per heavy atom. The largest absolute Gasteiger partial charge is 0.378 e. The Morgan fingerprint density at radius 1 is 1.38 bits per heavy atom. The molecule has 0 bridgehead atoms. The van der Waals surface area contributed by atoms with Gasteiger partial charge in [-0.3, -0.25) is 9.69 Å². The molecule has 2 fully saturated rings. The monoisotopic (exact) mass is 328 g/mol. The Labute approximate surface area is 141 Å². The van der Waals surface area contributed by atoms with Gasteiger partial charge in [-0.1, -0.05) is 6.07 Å². The smallest absolute Gasteiger partial charge is 0.224 e. The molecule has 0 saturated carbocycles. The Kier molecular flexibility index (Phi) is 4.24. The summed E-state index contributed by atoms with van der Waals surface area (Å²) in [5.41, 5.74) is 2.92. The van der Waals surface area contributed by atoms with Crippen LogP contribution in [0.15, 0.2) is 18.2 Å². The minimum absolute atomic E-state index is 0.0604. The maximum Gasteiger partial charge on any atom is 0.224 e. The number of carbonyl (C=O) groups is 1. The van der Waals surface area contributed by atoms with Gasteiger partial charge in [-0.15, -0.1) is 0 Å². The van der Waals surface area contributed by atoms with Crippen molar-refractivity contribution in [3.8, 4) is 0 Å². The van der Waals surface area contributed by atoms with Crippen LogP contribution in [0.4, 0.5) is 0 Å². The van der Waals surface area contributed by atoms with Gasteiger partial charge in [0, 0.05) is 0 Å². The van der Waals surface area contributed by atoms with Crippen LogP contribution in [0.3, 0.4) is 0 Å². The first-order valence-corrected chi connectivity index (χ1v) is 8.75.